The van der Waals surface area contributed by atoms with E-state index in [1.54, 1.807) is 0 Å². The Labute approximate surface area is 612 Å². The fraction of sp³-hybridized carbons (Fsp3) is 0.955. The van der Waals surface area contributed by atoms with Gasteiger partial charge in [-0.1, -0.05) is 469 Å². The van der Waals surface area contributed by atoms with Crippen molar-refractivity contribution < 1.29 is 37.6 Å². The molecule has 0 aliphatic carbocycles. The number of nitrogens with two attached hydrogens (primary N) is 1. The normalized spacial score (nSPS) is 12.7. The molecule has 0 aliphatic heterocycles. The molecule has 0 aromatic heterocycles. The number of carbonyl (C=O) groups excluding carboxylic acids is 2. The van der Waals surface area contributed by atoms with Gasteiger partial charge in [-0.3, -0.25) is 18.6 Å². The van der Waals surface area contributed by atoms with Crippen molar-refractivity contribution in [3.8, 4) is 0 Å². The zero-order valence-corrected chi connectivity index (χ0v) is 67.2. The number of hydrogen-bond donors (Lipinski definition) is 2. The van der Waals surface area contributed by atoms with Crippen molar-refractivity contribution in [1.82, 2.24) is 0 Å². The van der Waals surface area contributed by atoms with Gasteiger partial charge in [-0.05, 0) is 38.5 Å². The molecular formula is C88H174NO8P. The molecule has 0 heterocycles. The predicted octanol–water partition coefficient (Wildman–Crippen LogP) is 30.2. The van der Waals surface area contributed by atoms with Crippen LogP contribution in [-0.4, -0.2) is 49.3 Å². The lowest BCUT2D eigenvalue weighted by atomic mass is 10.0. The maximum Gasteiger partial charge on any atom is 0.472 e. The van der Waals surface area contributed by atoms with Crippen LogP contribution in [0.4, 0.5) is 0 Å². The molecule has 0 amide bonds. The summed E-state index contributed by atoms with van der Waals surface area (Å²) >= 11 is 0. The average molecular weight is 1410 g/mol. The molecule has 0 spiro atoms. The first-order chi connectivity index (χ1) is 48.3. The highest BCUT2D eigenvalue weighted by Crippen LogP contribution is 2.43. The van der Waals surface area contributed by atoms with Gasteiger partial charge in [0.05, 0.1) is 13.2 Å². The summed E-state index contributed by atoms with van der Waals surface area (Å²) in [5.74, 6) is -0.794. The van der Waals surface area contributed by atoms with Crippen molar-refractivity contribution in [1.29, 1.82) is 0 Å². The molecule has 0 bridgehead atoms. The van der Waals surface area contributed by atoms with Crippen molar-refractivity contribution in [2.75, 3.05) is 26.4 Å². The number of rotatable bonds is 87. The summed E-state index contributed by atoms with van der Waals surface area (Å²) in [5.41, 5.74) is 5.43. The highest BCUT2D eigenvalue weighted by atomic mass is 31.2. The first-order valence-electron chi connectivity index (χ1n) is 44.7. The second kappa shape index (κ2) is 84.7. The van der Waals surface area contributed by atoms with Gasteiger partial charge in [0.1, 0.15) is 6.61 Å². The number of phosphoric ester groups is 1. The number of unbranched alkanes of at least 4 members (excludes halogenated alkanes) is 72. The first kappa shape index (κ1) is 96.8. The van der Waals surface area contributed by atoms with Gasteiger partial charge in [-0.2, -0.15) is 0 Å². The Kier molecular flexibility index (Phi) is 83.6. The molecule has 0 radical (unpaired) electrons. The lowest BCUT2D eigenvalue weighted by Crippen LogP contribution is -2.29. The molecule has 0 rings (SSSR count). The fourth-order valence-electron chi connectivity index (χ4n) is 14.3. The van der Waals surface area contributed by atoms with Crippen molar-refractivity contribution in [2.45, 2.75) is 514 Å². The van der Waals surface area contributed by atoms with Crippen molar-refractivity contribution in [2.24, 2.45) is 5.73 Å². The summed E-state index contributed by atoms with van der Waals surface area (Å²) in [4.78, 5) is 35.5. The van der Waals surface area contributed by atoms with Crippen LogP contribution in [0.3, 0.4) is 0 Å². The van der Waals surface area contributed by atoms with Crippen LogP contribution in [0.15, 0.2) is 12.2 Å². The van der Waals surface area contributed by atoms with Gasteiger partial charge in [-0.15, -0.1) is 0 Å². The van der Waals surface area contributed by atoms with E-state index in [1.165, 1.54) is 443 Å². The minimum absolute atomic E-state index is 0.0584. The smallest absolute Gasteiger partial charge is 0.462 e. The number of hydrogen-bond acceptors (Lipinski definition) is 8. The second-order valence-electron chi connectivity index (χ2n) is 30.8. The molecule has 0 saturated heterocycles. The SMILES string of the molecule is CCCCCCCCCC/C=C\CCCCCCCCCCCCCCCCCCCCCCCCCCCCCC(=O)OC(COC(=O)CCCCCCCCCCCCCCCCCCCCCCCCCCCCCCCCCCCCCCCC)COP(=O)(O)OCCN. The summed E-state index contributed by atoms with van der Waals surface area (Å²) in [7, 11) is -4.39. The van der Waals surface area contributed by atoms with E-state index < -0.39 is 26.5 Å². The Morgan fingerprint density at radius 1 is 0.296 bits per heavy atom. The van der Waals surface area contributed by atoms with Gasteiger partial charge >= 0.3 is 19.8 Å². The molecule has 10 heteroatoms. The number of esters is 2. The molecular weight excluding hydrogens is 1230 g/mol. The topological polar surface area (TPSA) is 134 Å². The van der Waals surface area contributed by atoms with Crippen LogP contribution >= 0.6 is 7.82 Å². The Morgan fingerprint density at radius 3 is 0.724 bits per heavy atom. The number of carbonyl (C=O) groups is 2. The Morgan fingerprint density at radius 2 is 0.500 bits per heavy atom. The Bertz CT molecular complexity index is 1610. The van der Waals surface area contributed by atoms with Crippen LogP contribution in [0.25, 0.3) is 0 Å². The van der Waals surface area contributed by atoms with E-state index in [0.717, 1.165) is 32.1 Å². The van der Waals surface area contributed by atoms with Crippen LogP contribution in [0.5, 0.6) is 0 Å². The summed E-state index contributed by atoms with van der Waals surface area (Å²) < 4.78 is 33.3. The summed E-state index contributed by atoms with van der Waals surface area (Å²) in [5, 5.41) is 0. The quantitative estimate of drug-likeness (QED) is 0.0264. The zero-order chi connectivity index (χ0) is 70.8. The van der Waals surface area contributed by atoms with Crippen LogP contribution in [0.1, 0.15) is 508 Å². The van der Waals surface area contributed by atoms with Gasteiger partial charge in [0.25, 0.3) is 0 Å². The van der Waals surface area contributed by atoms with E-state index in [1.807, 2.05) is 0 Å². The molecule has 0 saturated carbocycles. The maximum absolute atomic E-state index is 12.8. The predicted molar refractivity (Wildman–Crippen MR) is 428 cm³/mol. The van der Waals surface area contributed by atoms with Crippen molar-refractivity contribution in [3.63, 3.8) is 0 Å². The molecule has 0 fully saturated rings. The largest absolute Gasteiger partial charge is 0.472 e. The molecule has 2 unspecified atom stereocenters. The van der Waals surface area contributed by atoms with Crippen LogP contribution < -0.4 is 5.73 Å². The van der Waals surface area contributed by atoms with E-state index in [-0.39, 0.29) is 32.1 Å². The summed E-state index contributed by atoms with van der Waals surface area (Å²) in [6, 6.07) is 0. The van der Waals surface area contributed by atoms with E-state index in [9.17, 15) is 19.0 Å². The number of phosphoric acid groups is 1. The third-order valence-electron chi connectivity index (χ3n) is 20.9. The van der Waals surface area contributed by atoms with E-state index in [0.29, 0.717) is 12.8 Å². The first-order valence-corrected chi connectivity index (χ1v) is 46.2. The van der Waals surface area contributed by atoms with E-state index in [4.69, 9.17) is 24.3 Å². The Balaban J connectivity index is 3.68. The number of ether oxygens (including phenoxy) is 2. The molecule has 0 aromatic carbocycles. The minimum Gasteiger partial charge on any atom is -0.462 e. The minimum atomic E-state index is -4.39. The van der Waals surface area contributed by atoms with E-state index in [2.05, 4.69) is 26.0 Å². The molecule has 0 aliphatic rings. The van der Waals surface area contributed by atoms with Crippen molar-refractivity contribution >= 4 is 19.8 Å². The van der Waals surface area contributed by atoms with Gasteiger partial charge in [0.2, 0.25) is 0 Å². The lowest BCUT2D eigenvalue weighted by molar-refractivity contribution is -0.161. The molecule has 0 aromatic rings. The van der Waals surface area contributed by atoms with Crippen molar-refractivity contribution in [3.05, 3.63) is 12.2 Å². The standard InChI is InChI=1S/C88H174NO8P/c1-3-5-7-9-11-13-15-17-19-21-23-25-27-29-31-33-35-37-39-41-43-45-47-49-51-53-55-57-59-61-63-65-67-69-71-73-75-77-79-81-88(91)97-86(85-96-98(92,93)95-83-82-89)84-94-87(90)80-78-76-74-72-70-68-66-64-62-60-58-56-54-52-50-48-46-44-42-40-38-36-34-32-30-28-26-24-22-20-18-16-14-12-10-8-6-4-2/h21,23,86H,3-20,22,24-85,89H2,1-2H3,(H,92,93)/b23-21-. The maximum atomic E-state index is 12.8. The van der Waals surface area contributed by atoms with Gasteiger partial charge in [-0.25, -0.2) is 4.57 Å². The molecule has 98 heavy (non-hydrogen) atoms. The Hall–Kier alpha value is -1.25. The molecule has 3 N–H and O–H groups in total. The third kappa shape index (κ3) is 83.7. The summed E-state index contributed by atoms with van der Waals surface area (Å²) in [6.07, 6.45) is 107. The van der Waals surface area contributed by atoms with Gasteiger partial charge < -0.3 is 20.1 Å². The van der Waals surface area contributed by atoms with Crippen LogP contribution in [-0.2, 0) is 32.7 Å². The fourth-order valence-corrected chi connectivity index (χ4v) is 15.1. The van der Waals surface area contributed by atoms with E-state index >= 15 is 0 Å². The highest BCUT2D eigenvalue weighted by molar-refractivity contribution is 7.47. The molecule has 584 valence electrons. The zero-order valence-electron chi connectivity index (χ0n) is 66.3. The molecule has 9 nitrogen and oxygen atoms in total. The van der Waals surface area contributed by atoms with Crippen LogP contribution in [0, 0.1) is 0 Å². The molecule has 2 atom stereocenters. The lowest BCUT2D eigenvalue weighted by Gasteiger charge is -2.19. The van der Waals surface area contributed by atoms with Crippen LogP contribution in [0.2, 0.25) is 0 Å². The monoisotopic (exact) mass is 1400 g/mol. The number of allylic oxidation sites excluding steroid dienone is 2. The highest BCUT2D eigenvalue weighted by Gasteiger charge is 2.26. The third-order valence-corrected chi connectivity index (χ3v) is 21.9. The second-order valence-corrected chi connectivity index (χ2v) is 32.3. The average Bonchev–Trinajstić information content (AvgIpc) is 1.28. The van der Waals surface area contributed by atoms with Gasteiger partial charge in [0.15, 0.2) is 6.10 Å². The van der Waals surface area contributed by atoms with Gasteiger partial charge in [0, 0.05) is 19.4 Å². The summed E-state index contributed by atoms with van der Waals surface area (Å²) in [6.45, 7) is 3.86.